The van der Waals surface area contributed by atoms with Crippen molar-refractivity contribution in [3.63, 3.8) is 0 Å². The van der Waals surface area contributed by atoms with Gasteiger partial charge in [0.05, 0.1) is 6.54 Å². The zero-order chi connectivity index (χ0) is 25.8. The molecule has 2 aliphatic heterocycles. The van der Waals surface area contributed by atoms with Crippen molar-refractivity contribution >= 4 is 29.3 Å². The average molecular weight is 496 g/mol. The molecule has 190 valence electrons. The number of nitrogens with zero attached hydrogens (tertiary/aromatic N) is 3. The van der Waals surface area contributed by atoms with Crippen LogP contribution in [0, 0.1) is 5.82 Å². The summed E-state index contributed by atoms with van der Waals surface area (Å²) in [6.45, 7) is 0.782. The molecule has 0 aliphatic carbocycles. The normalized spacial score (nSPS) is 19.9. The van der Waals surface area contributed by atoms with E-state index in [1.54, 1.807) is 12.1 Å². The fourth-order valence-corrected chi connectivity index (χ4v) is 4.48. The Morgan fingerprint density at radius 3 is 2.44 bits per heavy atom. The largest absolute Gasteiger partial charge is 0.378 e. The topological polar surface area (TPSA) is 102 Å². The van der Waals surface area contributed by atoms with Gasteiger partial charge in [-0.1, -0.05) is 6.07 Å². The highest BCUT2D eigenvalue weighted by Gasteiger charge is 2.39. The number of nitrogens with one attached hydrogen (secondary N) is 2. The van der Waals surface area contributed by atoms with E-state index in [1.165, 1.54) is 28.0 Å². The highest BCUT2D eigenvalue weighted by Crippen LogP contribution is 2.20. The van der Waals surface area contributed by atoms with Crippen LogP contribution in [0.5, 0.6) is 0 Å². The first kappa shape index (κ1) is 25.2. The second-order valence-corrected chi connectivity index (χ2v) is 9.21. The van der Waals surface area contributed by atoms with Gasteiger partial charge in [-0.25, -0.2) is 4.39 Å². The lowest BCUT2D eigenvalue weighted by molar-refractivity contribution is -0.133. The number of rotatable bonds is 5. The minimum atomic E-state index is -1.01. The molecule has 2 heterocycles. The van der Waals surface area contributed by atoms with Crippen LogP contribution in [0.4, 0.5) is 10.1 Å². The first-order valence-corrected chi connectivity index (χ1v) is 12.0. The van der Waals surface area contributed by atoms with Crippen molar-refractivity contribution < 1.29 is 23.6 Å². The van der Waals surface area contributed by atoms with Crippen LogP contribution in [0.2, 0.25) is 0 Å². The molecule has 0 aromatic heterocycles. The molecular weight excluding hydrogens is 465 g/mol. The van der Waals surface area contributed by atoms with Crippen LogP contribution in [-0.4, -0.2) is 85.8 Å². The van der Waals surface area contributed by atoms with Crippen LogP contribution in [0.15, 0.2) is 48.5 Å². The Bertz CT molecular complexity index is 1150. The lowest BCUT2D eigenvalue weighted by Gasteiger charge is -2.41. The number of halogens is 1. The van der Waals surface area contributed by atoms with Gasteiger partial charge in [-0.15, -0.1) is 0 Å². The maximum absolute atomic E-state index is 13.7. The van der Waals surface area contributed by atoms with Gasteiger partial charge in [0.1, 0.15) is 17.9 Å². The van der Waals surface area contributed by atoms with Crippen LogP contribution in [0.1, 0.15) is 33.6 Å². The number of carbonyl (C=O) groups is 4. The van der Waals surface area contributed by atoms with Gasteiger partial charge in [0.15, 0.2) is 0 Å². The molecule has 0 bridgehead atoms. The Hall–Kier alpha value is -3.95. The number of hydrogen-bond acceptors (Lipinski definition) is 5. The first-order valence-electron chi connectivity index (χ1n) is 12.0. The van der Waals surface area contributed by atoms with Crippen molar-refractivity contribution in [2.24, 2.45) is 0 Å². The summed E-state index contributed by atoms with van der Waals surface area (Å²) >= 11 is 0. The molecule has 4 amide bonds. The number of carbonyl (C=O) groups excluding carboxylic acids is 4. The molecule has 4 rings (SSSR count). The molecule has 0 radical (unpaired) electrons. The third-order valence-corrected chi connectivity index (χ3v) is 6.54. The van der Waals surface area contributed by atoms with E-state index in [2.05, 4.69) is 10.6 Å². The molecule has 2 aliphatic rings. The smallest absolute Gasteiger partial charge is 0.254 e. The van der Waals surface area contributed by atoms with Crippen molar-refractivity contribution in [1.82, 2.24) is 20.4 Å². The maximum atomic E-state index is 13.7. The van der Waals surface area contributed by atoms with E-state index in [1.807, 2.05) is 31.1 Å². The van der Waals surface area contributed by atoms with Gasteiger partial charge >= 0.3 is 0 Å². The van der Waals surface area contributed by atoms with E-state index in [-0.39, 0.29) is 37.0 Å². The molecule has 2 aromatic rings. The lowest BCUT2D eigenvalue weighted by atomic mass is 10.0. The van der Waals surface area contributed by atoms with Gasteiger partial charge in [-0.3, -0.25) is 19.2 Å². The molecular formula is C26H30FN5O4. The molecule has 2 aromatic carbocycles. The van der Waals surface area contributed by atoms with Crippen LogP contribution < -0.4 is 15.5 Å². The molecule has 0 saturated carbocycles. The molecule has 2 fully saturated rings. The molecule has 2 saturated heterocycles. The van der Waals surface area contributed by atoms with E-state index in [0.29, 0.717) is 18.5 Å². The highest BCUT2D eigenvalue weighted by atomic mass is 19.1. The van der Waals surface area contributed by atoms with Gasteiger partial charge in [-0.05, 0) is 55.3 Å². The summed E-state index contributed by atoms with van der Waals surface area (Å²) in [4.78, 5) is 56.9. The summed E-state index contributed by atoms with van der Waals surface area (Å²) < 4.78 is 13.7. The molecule has 10 heteroatoms. The molecule has 9 nitrogen and oxygen atoms in total. The summed E-state index contributed by atoms with van der Waals surface area (Å²) in [6.07, 6.45) is 1.22. The van der Waals surface area contributed by atoms with Crippen LogP contribution in [-0.2, 0) is 9.59 Å². The second kappa shape index (κ2) is 10.8. The van der Waals surface area contributed by atoms with Gasteiger partial charge < -0.3 is 25.3 Å². The van der Waals surface area contributed by atoms with Crippen LogP contribution >= 0.6 is 0 Å². The lowest BCUT2D eigenvalue weighted by Crippen LogP contribution is -2.63. The predicted molar refractivity (Wildman–Crippen MR) is 132 cm³/mol. The summed E-state index contributed by atoms with van der Waals surface area (Å²) in [7, 11) is 3.79. The monoisotopic (exact) mass is 495 g/mol. The minimum Gasteiger partial charge on any atom is -0.378 e. The van der Waals surface area contributed by atoms with E-state index >= 15 is 0 Å². The Morgan fingerprint density at radius 2 is 1.78 bits per heavy atom. The minimum absolute atomic E-state index is 0.0724. The molecule has 36 heavy (non-hydrogen) atoms. The predicted octanol–water partition coefficient (Wildman–Crippen LogP) is 1.25. The summed E-state index contributed by atoms with van der Waals surface area (Å²) in [5.74, 6) is -2.08. The number of piperidine rings is 1. The first-order chi connectivity index (χ1) is 17.2. The number of benzene rings is 2. The molecule has 0 unspecified atom stereocenters. The number of anilines is 1. The van der Waals surface area contributed by atoms with Gasteiger partial charge in [-0.2, -0.15) is 0 Å². The average Bonchev–Trinajstić information content (AvgIpc) is 2.89. The fourth-order valence-electron chi connectivity index (χ4n) is 4.48. The van der Waals surface area contributed by atoms with E-state index in [9.17, 15) is 23.6 Å². The van der Waals surface area contributed by atoms with Crippen molar-refractivity contribution in [2.45, 2.75) is 24.9 Å². The maximum Gasteiger partial charge on any atom is 0.254 e. The van der Waals surface area contributed by atoms with Crippen LogP contribution in [0.25, 0.3) is 0 Å². The van der Waals surface area contributed by atoms with Crippen molar-refractivity contribution in [2.75, 3.05) is 45.2 Å². The summed E-state index contributed by atoms with van der Waals surface area (Å²) in [6, 6.07) is 10.7. The quantitative estimate of drug-likeness (QED) is 0.650. The number of piperazine rings is 1. The summed E-state index contributed by atoms with van der Waals surface area (Å²) in [5.41, 5.74) is 1.51. The van der Waals surface area contributed by atoms with Crippen molar-refractivity contribution in [3.8, 4) is 0 Å². The SMILES string of the molecule is CN(C)c1ccc(C(=O)N2CCN(C(=O)c3cccc(F)c3)C[C@H]2C(=O)N[C@@H]2CCCNC2=O)cc1. The zero-order valence-electron chi connectivity index (χ0n) is 20.4. The Balaban J connectivity index is 1.57. The van der Waals surface area contributed by atoms with Gasteiger partial charge in [0.2, 0.25) is 11.8 Å². The Morgan fingerprint density at radius 1 is 1.03 bits per heavy atom. The molecule has 2 atom stereocenters. The van der Waals surface area contributed by atoms with Gasteiger partial charge in [0, 0.05) is 50.5 Å². The van der Waals surface area contributed by atoms with Crippen LogP contribution in [0.3, 0.4) is 0 Å². The number of hydrogen-bond donors (Lipinski definition) is 2. The van der Waals surface area contributed by atoms with Crippen molar-refractivity contribution in [1.29, 1.82) is 0 Å². The molecule has 0 spiro atoms. The third kappa shape index (κ3) is 5.48. The summed E-state index contributed by atoms with van der Waals surface area (Å²) in [5, 5.41) is 5.49. The number of amides is 4. The van der Waals surface area contributed by atoms with E-state index in [0.717, 1.165) is 18.2 Å². The van der Waals surface area contributed by atoms with E-state index in [4.69, 9.17) is 0 Å². The van der Waals surface area contributed by atoms with Gasteiger partial charge in [0.25, 0.3) is 11.8 Å². The van der Waals surface area contributed by atoms with Crippen molar-refractivity contribution in [3.05, 3.63) is 65.5 Å². The Kier molecular flexibility index (Phi) is 7.52. The Labute approximate surface area is 209 Å². The molecule has 2 N–H and O–H groups in total. The second-order valence-electron chi connectivity index (χ2n) is 9.21. The van der Waals surface area contributed by atoms with E-state index < -0.39 is 29.7 Å². The zero-order valence-corrected chi connectivity index (χ0v) is 20.4. The fraction of sp³-hybridized carbons (Fsp3) is 0.385. The highest BCUT2D eigenvalue weighted by molar-refractivity contribution is 6.00. The third-order valence-electron chi connectivity index (χ3n) is 6.54. The standard InChI is InChI=1S/C26H30FN5O4/c1-30(2)20-10-8-17(9-11-20)26(36)32-14-13-31(25(35)18-5-3-6-19(27)15-18)16-22(32)24(34)29-21-7-4-12-28-23(21)33/h3,5-6,8-11,15,21-22H,4,7,12-14,16H2,1-2H3,(H,28,33)(H,29,34)/t21-,22+/m1/s1.